The number of aromatic nitrogens is 3. The molecule has 1 aromatic heterocycles. The molecular formula is C21H30N6O. The fourth-order valence-corrected chi connectivity index (χ4v) is 4.88. The summed E-state index contributed by atoms with van der Waals surface area (Å²) in [4.78, 5) is 6.56. The van der Waals surface area contributed by atoms with Gasteiger partial charge in [-0.2, -0.15) is 10.1 Å². The van der Waals surface area contributed by atoms with E-state index in [9.17, 15) is 0 Å². The van der Waals surface area contributed by atoms with Crippen LogP contribution in [0.1, 0.15) is 50.6 Å². The fraction of sp³-hybridized carbons (Fsp3) is 0.571. The third kappa shape index (κ3) is 3.76. The molecule has 0 bridgehead atoms. The molecule has 0 radical (unpaired) electrons. The summed E-state index contributed by atoms with van der Waals surface area (Å²) in [5.41, 5.74) is 7.44. The summed E-state index contributed by atoms with van der Waals surface area (Å²) < 4.78 is 5.28. The molecule has 2 atom stereocenters. The summed E-state index contributed by atoms with van der Waals surface area (Å²) in [6.07, 6.45) is 7.63. The second-order valence-corrected chi connectivity index (χ2v) is 8.14. The molecule has 1 aliphatic heterocycles. The molecule has 1 aromatic carbocycles. The van der Waals surface area contributed by atoms with Crippen LogP contribution in [-0.2, 0) is 0 Å². The van der Waals surface area contributed by atoms with Crippen molar-refractivity contribution in [3.05, 3.63) is 36.0 Å². The lowest BCUT2D eigenvalue weighted by molar-refractivity contribution is 0.163. The van der Waals surface area contributed by atoms with Gasteiger partial charge in [-0.3, -0.25) is 0 Å². The van der Waals surface area contributed by atoms with Gasteiger partial charge in [-0.1, -0.05) is 18.6 Å². The average molecular weight is 383 g/mol. The largest absolute Gasteiger partial charge is 0.497 e. The second-order valence-electron chi connectivity index (χ2n) is 8.14. The van der Waals surface area contributed by atoms with Crippen LogP contribution in [0.25, 0.3) is 0 Å². The Labute approximate surface area is 166 Å². The first-order valence-electron chi connectivity index (χ1n) is 10.2. The predicted octanol–water partition coefficient (Wildman–Crippen LogP) is 2.95. The van der Waals surface area contributed by atoms with E-state index in [0.29, 0.717) is 29.3 Å². The molecule has 0 amide bonds. The van der Waals surface area contributed by atoms with Gasteiger partial charge in [0.15, 0.2) is 0 Å². The fourth-order valence-electron chi connectivity index (χ4n) is 4.88. The Kier molecular flexibility index (Phi) is 5.35. The standard InChI is InChI=1S/C21H30N6O/c1-15(16-5-7-17(28-2)8-6-16)24-18-4-3-9-21(18)10-12-27(13-11-21)20-25-19(22)14-23-26-20/h5-8,14-15,18,24H,3-4,9-13H2,1-2H3,(H2,22,25,26)/t15?,18-/m1/s1. The van der Waals surface area contributed by atoms with E-state index in [4.69, 9.17) is 10.5 Å². The zero-order chi connectivity index (χ0) is 19.6. The van der Waals surface area contributed by atoms with E-state index in [-0.39, 0.29) is 0 Å². The van der Waals surface area contributed by atoms with Crippen LogP contribution in [0.2, 0.25) is 0 Å². The van der Waals surface area contributed by atoms with E-state index in [1.807, 2.05) is 12.1 Å². The maximum absolute atomic E-state index is 5.77. The molecule has 28 heavy (non-hydrogen) atoms. The van der Waals surface area contributed by atoms with Crippen LogP contribution in [-0.4, -0.2) is 41.4 Å². The lowest BCUT2D eigenvalue weighted by Gasteiger charge is -2.44. The minimum absolute atomic E-state index is 0.324. The molecule has 150 valence electrons. The van der Waals surface area contributed by atoms with Gasteiger partial charge in [0.1, 0.15) is 11.6 Å². The number of nitrogens with two attached hydrogens (primary N) is 1. The lowest BCUT2D eigenvalue weighted by atomic mass is 9.73. The minimum Gasteiger partial charge on any atom is -0.497 e. The summed E-state index contributed by atoms with van der Waals surface area (Å²) in [5, 5.41) is 12.0. The normalized spacial score (nSPS) is 22.4. The highest BCUT2D eigenvalue weighted by atomic mass is 16.5. The summed E-state index contributed by atoms with van der Waals surface area (Å²) in [6.45, 7) is 4.18. The van der Waals surface area contributed by atoms with Gasteiger partial charge in [0.05, 0.1) is 13.3 Å². The first-order valence-corrected chi connectivity index (χ1v) is 10.2. The Morgan fingerprint density at radius 3 is 2.64 bits per heavy atom. The number of anilines is 2. The number of benzene rings is 1. The van der Waals surface area contributed by atoms with Gasteiger partial charge >= 0.3 is 0 Å². The van der Waals surface area contributed by atoms with Crippen molar-refractivity contribution in [2.45, 2.75) is 51.1 Å². The Bertz CT molecular complexity index is 788. The van der Waals surface area contributed by atoms with E-state index < -0.39 is 0 Å². The number of ether oxygens (including phenoxy) is 1. The Balaban J connectivity index is 1.40. The smallest absolute Gasteiger partial charge is 0.247 e. The van der Waals surface area contributed by atoms with Gasteiger partial charge in [0.25, 0.3) is 0 Å². The number of nitrogens with zero attached hydrogens (tertiary/aromatic N) is 4. The van der Waals surface area contributed by atoms with Gasteiger partial charge < -0.3 is 20.7 Å². The van der Waals surface area contributed by atoms with E-state index in [2.05, 4.69) is 44.5 Å². The van der Waals surface area contributed by atoms with Gasteiger partial charge in [0, 0.05) is 25.2 Å². The second kappa shape index (κ2) is 7.91. The van der Waals surface area contributed by atoms with Crippen molar-refractivity contribution < 1.29 is 4.74 Å². The van der Waals surface area contributed by atoms with Gasteiger partial charge in [-0.25, -0.2) is 0 Å². The molecule has 1 saturated heterocycles. The molecule has 1 spiro atoms. The summed E-state index contributed by atoms with van der Waals surface area (Å²) in [7, 11) is 1.70. The predicted molar refractivity (Wildman–Crippen MR) is 110 cm³/mol. The number of methoxy groups -OCH3 is 1. The SMILES string of the molecule is COc1ccc(C(C)N[C@@H]2CCCC23CCN(c2nncc(N)n2)CC3)cc1. The highest BCUT2D eigenvalue weighted by molar-refractivity contribution is 5.36. The maximum Gasteiger partial charge on any atom is 0.247 e. The van der Waals surface area contributed by atoms with Gasteiger partial charge in [0.2, 0.25) is 5.95 Å². The zero-order valence-corrected chi connectivity index (χ0v) is 16.8. The minimum atomic E-state index is 0.324. The van der Waals surface area contributed by atoms with Crippen LogP contribution in [0.15, 0.2) is 30.5 Å². The molecule has 1 saturated carbocycles. The van der Waals surface area contributed by atoms with Crippen molar-refractivity contribution >= 4 is 11.8 Å². The molecule has 7 heteroatoms. The molecule has 3 N–H and O–H groups in total. The van der Waals surface area contributed by atoms with Crippen LogP contribution in [0.5, 0.6) is 5.75 Å². The van der Waals surface area contributed by atoms with Crippen LogP contribution in [0, 0.1) is 5.41 Å². The molecule has 2 heterocycles. The van der Waals surface area contributed by atoms with Gasteiger partial charge in [-0.15, -0.1) is 5.10 Å². The highest BCUT2D eigenvalue weighted by Gasteiger charge is 2.45. The van der Waals surface area contributed by atoms with Gasteiger partial charge in [-0.05, 0) is 55.7 Å². The number of hydrogen-bond acceptors (Lipinski definition) is 7. The number of piperidine rings is 1. The quantitative estimate of drug-likeness (QED) is 0.822. The van der Waals surface area contributed by atoms with E-state index >= 15 is 0 Å². The van der Waals surface area contributed by atoms with Crippen molar-refractivity contribution in [1.29, 1.82) is 0 Å². The molecule has 4 rings (SSSR count). The zero-order valence-electron chi connectivity index (χ0n) is 16.8. The van der Waals surface area contributed by atoms with Crippen LogP contribution < -0.4 is 20.7 Å². The number of nitrogens with one attached hydrogen (secondary N) is 1. The number of rotatable bonds is 5. The highest BCUT2D eigenvalue weighted by Crippen LogP contribution is 2.47. The number of hydrogen-bond donors (Lipinski definition) is 2. The topological polar surface area (TPSA) is 89.2 Å². The molecule has 2 aromatic rings. The van der Waals surface area contributed by atoms with Crippen LogP contribution in [0.4, 0.5) is 11.8 Å². The van der Waals surface area contributed by atoms with Crippen molar-refractivity contribution in [2.75, 3.05) is 30.8 Å². The van der Waals surface area contributed by atoms with Crippen molar-refractivity contribution in [2.24, 2.45) is 5.41 Å². The van der Waals surface area contributed by atoms with Crippen molar-refractivity contribution in [1.82, 2.24) is 20.5 Å². The number of nitrogen functional groups attached to an aromatic ring is 1. The third-order valence-electron chi connectivity index (χ3n) is 6.58. The molecule has 1 aliphatic carbocycles. The Morgan fingerprint density at radius 1 is 1.21 bits per heavy atom. The van der Waals surface area contributed by atoms with E-state index in [1.165, 1.54) is 31.0 Å². The summed E-state index contributed by atoms with van der Waals surface area (Å²) in [5.74, 6) is 1.99. The third-order valence-corrected chi connectivity index (χ3v) is 6.58. The van der Waals surface area contributed by atoms with E-state index in [1.54, 1.807) is 7.11 Å². The molecule has 1 unspecified atom stereocenters. The van der Waals surface area contributed by atoms with Crippen molar-refractivity contribution in [3.63, 3.8) is 0 Å². The lowest BCUT2D eigenvalue weighted by Crippen LogP contribution is -2.49. The summed E-state index contributed by atoms with van der Waals surface area (Å²) in [6, 6.07) is 9.26. The molecular weight excluding hydrogens is 352 g/mol. The molecule has 2 aliphatic rings. The first kappa shape index (κ1) is 18.9. The monoisotopic (exact) mass is 382 g/mol. The Hall–Kier alpha value is -2.41. The van der Waals surface area contributed by atoms with Crippen LogP contribution in [0.3, 0.4) is 0 Å². The Morgan fingerprint density at radius 2 is 1.96 bits per heavy atom. The molecule has 2 fully saturated rings. The first-order chi connectivity index (χ1) is 13.6. The average Bonchev–Trinajstić information content (AvgIpc) is 3.10. The summed E-state index contributed by atoms with van der Waals surface area (Å²) >= 11 is 0. The van der Waals surface area contributed by atoms with Crippen molar-refractivity contribution in [3.8, 4) is 5.75 Å². The maximum atomic E-state index is 5.77. The molecule has 7 nitrogen and oxygen atoms in total. The van der Waals surface area contributed by atoms with Crippen LogP contribution >= 0.6 is 0 Å². The van der Waals surface area contributed by atoms with E-state index in [0.717, 1.165) is 31.7 Å².